The van der Waals surface area contributed by atoms with Crippen LogP contribution in [0.5, 0.6) is 0 Å². The highest BCUT2D eigenvalue weighted by Crippen LogP contribution is 2.40. The van der Waals surface area contributed by atoms with Crippen molar-refractivity contribution in [1.82, 2.24) is 0 Å². The van der Waals surface area contributed by atoms with Gasteiger partial charge in [0.25, 0.3) is 0 Å². The molecule has 0 spiro atoms. The number of methoxy groups -OCH3 is 1. The van der Waals surface area contributed by atoms with Crippen molar-refractivity contribution < 1.29 is 31.8 Å². The zero-order chi connectivity index (χ0) is 24.5. The van der Waals surface area contributed by atoms with E-state index in [9.17, 15) is 17.6 Å². The molecule has 2 saturated carbocycles. The molecule has 0 bridgehead atoms. The van der Waals surface area contributed by atoms with Gasteiger partial charge in [-0.15, -0.1) is 0 Å². The fourth-order valence-electron chi connectivity index (χ4n) is 5.76. The van der Waals surface area contributed by atoms with Crippen LogP contribution in [0.25, 0.3) is 0 Å². The minimum Gasteiger partial charge on any atom is -0.381 e. The topological polar surface area (TPSA) is 31.0 Å². The molecule has 0 amide bonds. The van der Waals surface area contributed by atoms with E-state index >= 15 is 0 Å². The van der Waals surface area contributed by atoms with E-state index in [1.54, 1.807) is 31.4 Å². The monoisotopic (exact) mass is 492 g/mol. The normalized spacial score (nSPS) is 28.8. The van der Waals surface area contributed by atoms with Gasteiger partial charge in [-0.2, -0.15) is 0 Å². The summed E-state index contributed by atoms with van der Waals surface area (Å²) in [6.07, 6.45) is 5.66. The van der Waals surface area contributed by atoms with Crippen LogP contribution in [0.15, 0.2) is 24.3 Å². The highest BCUT2D eigenvalue weighted by Gasteiger charge is 2.32. The molecule has 0 aromatic heterocycles. The number of hydrogen-bond acceptors (Lipinski definition) is 3. The highest BCUT2D eigenvalue weighted by atomic mass is 19.2. The van der Waals surface area contributed by atoms with Crippen LogP contribution in [0, 0.1) is 23.3 Å². The summed E-state index contributed by atoms with van der Waals surface area (Å²) in [6.45, 7) is 0.425. The lowest BCUT2D eigenvalue weighted by atomic mass is 9.82. The third-order valence-corrected chi connectivity index (χ3v) is 8.05. The van der Waals surface area contributed by atoms with Gasteiger partial charge in [-0.05, 0) is 74.3 Å². The maximum atomic E-state index is 14.8. The fourth-order valence-corrected chi connectivity index (χ4v) is 5.76. The molecule has 3 nitrogen and oxygen atoms in total. The molecular formula is C28H32F4O3. The first-order chi connectivity index (χ1) is 17.0. The van der Waals surface area contributed by atoms with Gasteiger partial charge in [0.1, 0.15) is 6.10 Å². The molecule has 35 heavy (non-hydrogen) atoms. The molecule has 190 valence electrons. The fraction of sp³-hybridized carbons (Fsp3) is 0.571. The number of hydrogen-bond donors (Lipinski definition) is 0. The standard InChI is InChI=1S/C28H32F4O3/c1-33-19-7-2-16(3-8-19)21-11-6-18(25(29)26(21)30)14-34-20-9-4-17(5-10-20)22-12-13-23(24-15-35-24)28(32)27(22)31/h6,11-13,16-17,19-20,24H,2-5,7-10,14-15H2,1H3. The summed E-state index contributed by atoms with van der Waals surface area (Å²) in [6, 6.07) is 6.62. The van der Waals surface area contributed by atoms with Crippen LogP contribution in [0.3, 0.4) is 0 Å². The summed E-state index contributed by atoms with van der Waals surface area (Å²) < 4.78 is 75.0. The Morgan fingerprint density at radius 3 is 1.74 bits per heavy atom. The van der Waals surface area contributed by atoms with Gasteiger partial charge in [0, 0.05) is 18.2 Å². The summed E-state index contributed by atoms with van der Waals surface area (Å²) >= 11 is 0. The van der Waals surface area contributed by atoms with Crippen LogP contribution in [0.1, 0.15) is 91.6 Å². The molecule has 1 atom stereocenters. The van der Waals surface area contributed by atoms with E-state index in [1.807, 2.05) is 0 Å². The number of rotatable bonds is 7. The Labute approximate surface area is 203 Å². The minimum absolute atomic E-state index is 0.00609. The molecular weight excluding hydrogens is 460 g/mol. The molecule has 7 heteroatoms. The summed E-state index contributed by atoms with van der Waals surface area (Å²) in [5, 5.41) is 0. The van der Waals surface area contributed by atoms with Crippen molar-refractivity contribution in [3.63, 3.8) is 0 Å². The zero-order valence-electron chi connectivity index (χ0n) is 20.0. The van der Waals surface area contributed by atoms with Crippen LogP contribution in [0.4, 0.5) is 17.6 Å². The molecule has 1 saturated heterocycles. The van der Waals surface area contributed by atoms with Crippen LogP contribution < -0.4 is 0 Å². The van der Waals surface area contributed by atoms with Crippen LogP contribution in [-0.4, -0.2) is 25.9 Å². The molecule has 5 rings (SSSR count). The van der Waals surface area contributed by atoms with E-state index in [0.717, 1.165) is 25.7 Å². The lowest BCUT2D eigenvalue weighted by Crippen LogP contribution is -2.22. The minimum atomic E-state index is -0.831. The third-order valence-electron chi connectivity index (χ3n) is 8.05. The second-order valence-electron chi connectivity index (χ2n) is 10.1. The van der Waals surface area contributed by atoms with Crippen molar-refractivity contribution in [2.24, 2.45) is 0 Å². The SMILES string of the molecule is COC1CCC(c2ccc(COC3CCC(c4ccc(C5CO5)c(F)c4F)CC3)c(F)c2F)CC1. The predicted molar refractivity (Wildman–Crippen MR) is 123 cm³/mol. The first-order valence-electron chi connectivity index (χ1n) is 12.7. The largest absolute Gasteiger partial charge is 0.381 e. The van der Waals surface area contributed by atoms with E-state index in [2.05, 4.69) is 0 Å². The van der Waals surface area contributed by atoms with Gasteiger partial charge in [-0.3, -0.25) is 0 Å². The molecule has 3 fully saturated rings. The lowest BCUT2D eigenvalue weighted by molar-refractivity contribution is 0.0116. The van der Waals surface area contributed by atoms with E-state index < -0.39 is 23.3 Å². The van der Waals surface area contributed by atoms with Gasteiger partial charge in [0.2, 0.25) is 0 Å². The Balaban J connectivity index is 1.15. The van der Waals surface area contributed by atoms with E-state index in [1.165, 1.54) is 0 Å². The van der Waals surface area contributed by atoms with Crippen LogP contribution in [-0.2, 0) is 20.8 Å². The molecule has 2 aromatic rings. The predicted octanol–water partition coefficient (Wildman–Crippen LogP) is 7.23. The summed E-state index contributed by atoms with van der Waals surface area (Å²) in [5.41, 5.74) is 1.33. The first kappa shape index (κ1) is 24.7. The molecule has 1 heterocycles. The number of epoxide rings is 1. The Morgan fingerprint density at radius 1 is 0.686 bits per heavy atom. The Hall–Kier alpha value is -1.96. The van der Waals surface area contributed by atoms with Gasteiger partial charge < -0.3 is 14.2 Å². The highest BCUT2D eigenvalue weighted by molar-refractivity contribution is 5.32. The summed E-state index contributed by atoms with van der Waals surface area (Å²) in [7, 11) is 1.69. The number of halogens is 4. The van der Waals surface area contributed by atoms with Crippen molar-refractivity contribution in [3.05, 3.63) is 69.8 Å². The summed E-state index contributed by atoms with van der Waals surface area (Å²) in [4.78, 5) is 0. The zero-order valence-corrected chi connectivity index (χ0v) is 20.0. The van der Waals surface area contributed by atoms with Crippen molar-refractivity contribution in [2.45, 2.75) is 88.1 Å². The Kier molecular flexibility index (Phi) is 7.47. The van der Waals surface area contributed by atoms with Gasteiger partial charge in [-0.1, -0.05) is 24.3 Å². The first-order valence-corrected chi connectivity index (χ1v) is 12.7. The van der Waals surface area contributed by atoms with Gasteiger partial charge in [0.05, 0.1) is 25.4 Å². The van der Waals surface area contributed by atoms with E-state index in [4.69, 9.17) is 14.2 Å². The molecule has 1 unspecified atom stereocenters. The second kappa shape index (κ2) is 10.6. The average Bonchev–Trinajstić information content (AvgIpc) is 3.72. The molecule has 1 aliphatic heterocycles. The van der Waals surface area contributed by atoms with Gasteiger partial charge in [-0.25, -0.2) is 17.6 Å². The molecule has 0 radical (unpaired) electrons. The van der Waals surface area contributed by atoms with Gasteiger partial charge >= 0.3 is 0 Å². The van der Waals surface area contributed by atoms with Crippen molar-refractivity contribution in [3.8, 4) is 0 Å². The van der Waals surface area contributed by atoms with Crippen molar-refractivity contribution >= 4 is 0 Å². The average molecular weight is 493 g/mol. The number of ether oxygens (including phenoxy) is 3. The summed E-state index contributed by atoms with van der Waals surface area (Å²) in [5.74, 6) is -3.26. The van der Waals surface area contributed by atoms with Crippen molar-refractivity contribution in [2.75, 3.05) is 13.7 Å². The van der Waals surface area contributed by atoms with E-state index in [-0.39, 0.29) is 47.9 Å². The van der Waals surface area contributed by atoms with Crippen molar-refractivity contribution in [1.29, 1.82) is 0 Å². The molecule has 3 aliphatic rings. The van der Waals surface area contributed by atoms with Crippen LogP contribution in [0.2, 0.25) is 0 Å². The number of benzene rings is 2. The molecule has 2 aliphatic carbocycles. The molecule has 0 N–H and O–H groups in total. The molecule has 2 aromatic carbocycles. The second-order valence-corrected chi connectivity index (χ2v) is 10.1. The maximum Gasteiger partial charge on any atom is 0.165 e. The quantitative estimate of drug-likeness (QED) is 0.302. The Morgan fingerprint density at radius 2 is 1.17 bits per heavy atom. The van der Waals surface area contributed by atoms with E-state index in [0.29, 0.717) is 43.4 Å². The third kappa shape index (κ3) is 5.27. The van der Waals surface area contributed by atoms with Crippen LogP contribution >= 0.6 is 0 Å². The maximum absolute atomic E-state index is 14.8. The lowest BCUT2D eigenvalue weighted by Gasteiger charge is -2.30. The van der Waals surface area contributed by atoms with Gasteiger partial charge in [0.15, 0.2) is 23.3 Å². The Bertz CT molecular complexity index is 1040. The smallest absolute Gasteiger partial charge is 0.165 e.